The molecule has 0 spiro atoms. The lowest BCUT2D eigenvalue weighted by atomic mass is 10.2. The molecular weight excluding hydrogens is 218 g/mol. The molecule has 17 heavy (non-hydrogen) atoms. The summed E-state index contributed by atoms with van der Waals surface area (Å²) < 4.78 is 5.63. The molecule has 1 aromatic carbocycles. The maximum atomic E-state index is 11.1. The van der Waals surface area contributed by atoms with Crippen LogP contribution in [0.2, 0.25) is 0 Å². The van der Waals surface area contributed by atoms with Gasteiger partial charge in [-0.3, -0.25) is 4.98 Å². The first-order chi connectivity index (χ1) is 8.21. The van der Waals surface area contributed by atoms with Crippen molar-refractivity contribution in [3.63, 3.8) is 0 Å². The molecule has 4 nitrogen and oxygen atoms in total. The fourth-order valence-electron chi connectivity index (χ4n) is 1.84. The predicted octanol–water partition coefficient (Wildman–Crippen LogP) is 2.23. The largest absolute Gasteiger partial charge is 0.478 e. The van der Waals surface area contributed by atoms with Gasteiger partial charge in [0.1, 0.15) is 11.3 Å². The molecule has 1 aliphatic rings. The van der Waals surface area contributed by atoms with E-state index in [1.807, 2.05) is 24.3 Å². The second-order valence-electron chi connectivity index (χ2n) is 4.23. The zero-order valence-corrected chi connectivity index (χ0v) is 9.09. The van der Waals surface area contributed by atoms with Crippen LogP contribution in [0.1, 0.15) is 12.8 Å². The van der Waals surface area contributed by atoms with Gasteiger partial charge in [-0.05, 0) is 12.1 Å². The maximum Gasteiger partial charge on any atom is 0.348 e. The Morgan fingerprint density at radius 3 is 2.76 bits per heavy atom. The molecule has 0 aliphatic heterocycles. The molecule has 0 bridgehead atoms. The molecule has 3 rings (SSSR count). The van der Waals surface area contributed by atoms with Crippen LogP contribution in [0.3, 0.4) is 0 Å². The van der Waals surface area contributed by atoms with Crippen LogP contribution in [0.25, 0.3) is 10.9 Å². The number of rotatable bonds is 3. The van der Waals surface area contributed by atoms with Gasteiger partial charge in [0.05, 0.1) is 0 Å². The number of pyridine rings is 1. The second-order valence-corrected chi connectivity index (χ2v) is 4.23. The molecule has 0 unspecified atom stereocenters. The molecule has 1 N–H and O–H groups in total. The minimum Gasteiger partial charge on any atom is -0.478 e. The van der Waals surface area contributed by atoms with E-state index in [1.54, 1.807) is 12.3 Å². The summed E-state index contributed by atoms with van der Waals surface area (Å²) in [4.78, 5) is 15.3. The summed E-state index contributed by atoms with van der Waals surface area (Å²) in [5, 5.41) is 10.0. The van der Waals surface area contributed by atoms with Crippen molar-refractivity contribution in [1.29, 1.82) is 0 Å². The van der Waals surface area contributed by atoms with Crippen molar-refractivity contribution in [3.05, 3.63) is 36.5 Å². The van der Waals surface area contributed by atoms with Crippen molar-refractivity contribution < 1.29 is 14.6 Å². The summed E-state index contributed by atoms with van der Waals surface area (Å²) in [7, 11) is 0. The zero-order chi connectivity index (χ0) is 11.9. The third-order valence-corrected chi connectivity index (χ3v) is 2.99. The molecule has 1 aliphatic carbocycles. The number of carboxylic acids is 1. The molecule has 1 heterocycles. The van der Waals surface area contributed by atoms with Crippen LogP contribution in [0, 0.1) is 0 Å². The Balaban J connectivity index is 2.04. The summed E-state index contributed by atoms with van der Waals surface area (Å²) in [5.74, 6) is -0.353. The van der Waals surface area contributed by atoms with Crippen molar-refractivity contribution in [2.45, 2.75) is 18.4 Å². The van der Waals surface area contributed by atoms with E-state index in [0.29, 0.717) is 24.1 Å². The van der Waals surface area contributed by atoms with Crippen molar-refractivity contribution in [3.8, 4) is 5.75 Å². The Morgan fingerprint density at radius 2 is 2.06 bits per heavy atom. The summed E-state index contributed by atoms with van der Waals surface area (Å²) >= 11 is 0. The van der Waals surface area contributed by atoms with E-state index in [4.69, 9.17) is 9.84 Å². The van der Waals surface area contributed by atoms with E-state index in [2.05, 4.69) is 4.98 Å². The topological polar surface area (TPSA) is 59.4 Å². The molecular formula is C13H11NO3. The standard InChI is InChI=1S/C13H11NO3/c15-12(16)13(6-7-13)17-10-5-1-3-9-4-2-8-14-11(9)10/h1-5,8H,6-7H2,(H,15,16). The van der Waals surface area contributed by atoms with Gasteiger partial charge in [0.2, 0.25) is 5.60 Å². The number of hydrogen-bond donors (Lipinski definition) is 1. The quantitative estimate of drug-likeness (QED) is 0.876. The third-order valence-electron chi connectivity index (χ3n) is 2.99. The van der Waals surface area contributed by atoms with E-state index >= 15 is 0 Å². The summed E-state index contributed by atoms with van der Waals surface area (Å²) in [6.07, 6.45) is 2.80. The smallest absolute Gasteiger partial charge is 0.348 e. The molecule has 86 valence electrons. The Morgan fingerprint density at radius 1 is 1.29 bits per heavy atom. The highest BCUT2D eigenvalue weighted by molar-refractivity contribution is 5.86. The summed E-state index contributed by atoms with van der Waals surface area (Å²) in [6.45, 7) is 0. The number of nitrogens with zero attached hydrogens (tertiary/aromatic N) is 1. The van der Waals surface area contributed by atoms with Crippen molar-refractivity contribution in [1.82, 2.24) is 4.98 Å². The van der Waals surface area contributed by atoms with Gasteiger partial charge >= 0.3 is 5.97 Å². The first kappa shape index (κ1) is 10.1. The lowest BCUT2D eigenvalue weighted by Crippen LogP contribution is -2.29. The normalized spacial score (nSPS) is 16.7. The molecule has 0 radical (unpaired) electrons. The van der Waals surface area contributed by atoms with Gasteiger partial charge in [0.25, 0.3) is 0 Å². The fraction of sp³-hybridized carbons (Fsp3) is 0.231. The Hall–Kier alpha value is -2.10. The van der Waals surface area contributed by atoms with E-state index in [-0.39, 0.29) is 0 Å². The molecule has 0 amide bonds. The Bertz CT molecular complexity index is 585. The third kappa shape index (κ3) is 1.62. The van der Waals surface area contributed by atoms with Gasteiger partial charge in [-0.2, -0.15) is 0 Å². The lowest BCUT2D eigenvalue weighted by molar-refractivity contribution is -0.147. The predicted molar refractivity (Wildman–Crippen MR) is 62.0 cm³/mol. The average Bonchev–Trinajstić information content (AvgIpc) is 3.11. The minimum absolute atomic E-state index is 0.544. The highest BCUT2D eigenvalue weighted by Gasteiger charge is 2.53. The van der Waals surface area contributed by atoms with Crippen molar-refractivity contribution in [2.24, 2.45) is 0 Å². The zero-order valence-electron chi connectivity index (χ0n) is 9.09. The highest BCUT2D eigenvalue weighted by atomic mass is 16.5. The van der Waals surface area contributed by atoms with Crippen LogP contribution < -0.4 is 4.74 Å². The molecule has 1 fully saturated rings. The lowest BCUT2D eigenvalue weighted by Gasteiger charge is -2.14. The minimum atomic E-state index is -1.02. The van der Waals surface area contributed by atoms with E-state index in [9.17, 15) is 4.79 Å². The van der Waals surface area contributed by atoms with Crippen LogP contribution in [0.15, 0.2) is 36.5 Å². The number of benzene rings is 1. The highest BCUT2D eigenvalue weighted by Crippen LogP contribution is 2.41. The van der Waals surface area contributed by atoms with Gasteiger partial charge in [-0.25, -0.2) is 4.79 Å². The van der Waals surface area contributed by atoms with Crippen LogP contribution in [-0.4, -0.2) is 21.7 Å². The molecule has 0 atom stereocenters. The van der Waals surface area contributed by atoms with Gasteiger partial charge in [0.15, 0.2) is 0 Å². The van der Waals surface area contributed by atoms with E-state index in [0.717, 1.165) is 5.39 Å². The molecule has 1 aromatic heterocycles. The van der Waals surface area contributed by atoms with Gasteiger partial charge in [0, 0.05) is 24.4 Å². The number of fused-ring (bicyclic) bond motifs is 1. The number of carboxylic acid groups (broad SMARTS) is 1. The van der Waals surface area contributed by atoms with Crippen LogP contribution >= 0.6 is 0 Å². The maximum absolute atomic E-state index is 11.1. The molecule has 2 aromatic rings. The molecule has 1 saturated carbocycles. The number of hydrogen-bond acceptors (Lipinski definition) is 3. The average molecular weight is 229 g/mol. The van der Waals surface area contributed by atoms with Crippen molar-refractivity contribution in [2.75, 3.05) is 0 Å². The number of carbonyl (C=O) groups is 1. The molecule has 4 heteroatoms. The number of para-hydroxylation sites is 1. The van der Waals surface area contributed by atoms with Crippen LogP contribution in [0.5, 0.6) is 5.75 Å². The summed E-state index contributed by atoms with van der Waals surface area (Å²) in [5.41, 5.74) is -0.311. The first-order valence-electron chi connectivity index (χ1n) is 5.47. The Labute approximate surface area is 97.9 Å². The van der Waals surface area contributed by atoms with Gasteiger partial charge in [-0.1, -0.05) is 18.2 Å². The number of aromatic nitrogens is 1. The number of aliphatic carboxylic acids is 1. The first-order valence-corrected chi connectivity index (χ1v) is 5.47. The number of ether oxygens (including phenoxy) is 1. The van der Waals surface area contributed by atoms with Crippen molar-refractivity contribution >= 4 is 16.9 Å². The van der Waals surface area contributed by atoms with Gasteiger partial charge < -0.3 is 9.84 Å². The van der Waals surface area contributed by atoms with Gasteiger partial charge in [-0.15, -0.1) is 0 Å². The Kier molecular flexibility index (Phi) is 2.04. The van der Waals surface area contributed by atoms with E-state index < -0.39 is 11.6 Å². The second kappa shape index (κ2) is 3.45. The fourth-order valence-corrected chi connectivity index (χ4v) is 1.84. The van der Waals surface area contributed by atoms with Crippen LogP contribution in [0.4, 0.5) is 0 Å². The van der Waals surface area contributed by atoms with E-state index in [1.165, 1.54) is 0 Å². The van der Waals surface area contributed by atoms with Crippen LogP contribution in [-0.2, 0) is 4.79 Å². The molecule has 0 saturated heterocycles. The summed E-state index contributed by atoms with van der Waals surface area (Å²) in [6, 6.07) is 9.30. The SMILES string of the molecule is O=C(O)C1(Oc2cccc3cccnc23)CC1. The monoisotopic (exact) mass is 229 g/mol.